The Morgan fingerprint density at radius 2 is 2.00 bits per heavy atom. The molecule has 2 aromatic rings. The van der Waals surface area contributed by atoms with Crippen LogP contribution in [0.5, 0.6) is 5.75 Å². The number of benzene rings is 1. The summed E-state index contributed by atoms with van der Waals surface area (Å²) in [4.78, 5) is 12.0. The number of allylic oxidation sites excluding steroid dienone is 2. The third-order valence-electron chi connectivity index (χ3n) is 3.32. The molecule has 0 aliphatic rings. The average Bonchev–Trinajstić information content (AvgIpc) is 2.45. The third kappa shape index (κ3) is 3.52. The zero-order chi connectivity index (χ0) is 15.4. The summed E-state index contributed by atoms with van der Waals surface area (Å²) in [5, 5.41) is 9.96. The number of ether oxygens (including phenoxy) is 1. The Labute approximate surface area is 123 Å². The van der Waals surface area contributed by atoms with Gasteiger partial charge < -0.3 is 14.3 Å². The number of rotatable bonds is 5. The fourth-order valence-corrected chi connectivity index (χ4v) is 2.20. The topological polar surface area (TPSA) is 59.7 Å². The zero-order valence-corrected chi connectivity index (χ0v) is 12.6. The Balaban J connectivity index is 2.55. The van der Waals surface area contributed by atoms with E-state index >= 15 is 0 Å². The van der Waals surface area contributed by atoms with Crippen LogP contribution in [0.4, 0.5) is 0 Å². The van der Waals surface area contributed by atoms with Gasteiger partial charge in [-0.1, -0.05) is 11.6 Å². The monoisotopic (exact) mass is 288 g/mol. The molecule has 0 fully saturated rings. The van der Waals surface area contributed by atoms with Crippen LogP contribution in [0.25, 0.3) is 11.0 Å². The van der Waals surface area contributed by atoms with Crippen molar-refractivity contribution in [3.63, 3.8) is 0 Å². The van der Waals surface area contributed by atoms with Crippen LogP contribution in [0, 0.1) is 0 Å². The molecule has 1 aromatic heterocycles. The number of methoxy groups -OCH3 is 1. The van der Waals surface area contributed by atoms with Crippen molar-refractivity contribution in [3.8, 4) is 5.75 Å². The quantitative estimate of drug-likeness (QED) is 0.679. The molecule has 21 heavy (non-hydrogen) atoms. The van der Waals surface area contributed by atoms with E-state index in [1.54, 1.807) is 13.2 Å². The lowest BCUT2D eigenvalue weighted by atomic mass is 10.1. The molecule has 4 nitrogen and oxygen atoms in total. The molecule has 1 aromatic carbocycles. The lowest BCUT2D eigenvalue weighted by molar-refractivity contribution is 0.297. The molecular formula is C17H20O4. The van der Waals surface area contributed by atoms with Gasteiger partial charge in [-0.2, -0.15) is 0 Å². The van der Waals surface area contributed by atoms with E-state index in [2.05, 4.69) is 0 Å². The molecule has 0 radical (unpaired) electrons. The molecule has 0 spiro atoms. The maximum Gasteiger partial charge on any atom is 0.339 e. The minimum Gasteiger partial charge on any atom is -0.496 e. The van der Waals surface area contributed by atoms with Gasteiger partial charge in [-0.05, 0) is 44.4 Å². The highest BCUT2D eigenvalue weighted by atomic mass is 16.5. The van der Waals surface area contributed by atoms with Crippen molar-refractivity contribution in [1.29, 1.82) is 0 Å². The SMILES string of the molecule is COc1cc2oc(=O)c(CC=C(C)C)cc2cc1CCO. The maximum atomic E-state index is 12.0. The summed E-state index contributed by atoms with van der Waals surface area (Å²) in [6, 6.07) is 5.45. The molecule has 0 atom stereocenters. The Morgan fingerprint density at radius 3 is 2.62 bits per heavy atom. The fourth-order valence-electron chi connectivity index (χ4n) is 2.20. The molecule has 0 saturated heterocycles. The van der Waals surface area contributed by atoms with Crippen molar-refractivity contribution in [2.75, 3.05) is 13.7 Å². The molecule has 112 valence electrons. The number of hydrogen-bond donors (Lipinski definition) is 1. The highest BCUT2D eigenvalue weighted by Gasteiger charge is 2.10. The van der Waals surface area contributed by atoms with Gasteiger partial charge in [-0.25, -0.2) is 4.79 Å². The molecule has 0 aliphatic carbocycles. The zero-order valence-electron chi connectivity index (χ0n) is 12.6. The van der Waals surface area contributed by atoms with E-state index in [1.165, 1.54) is 0 Å². The standard InChI is InChI=1S/C17H20O4/c1-11(2)4-5-13-9-14-8-12(6-7-18)15(20-3)10-16(14)21-17(13)19/h4,8-10,18H,5-7H2,1-3H3. The molecule has 4 heteroatoms. The molecule has 0 unspecified atom stereocenters. The van der Waals surface area contributed by atoms with E-state index in [0.717, 1.165) is 16.5 Å². The normalized spacial score (nSPS) is 10.7. The van der Waals surface area contributed by atoms with Crippen molar-refractivity contribution in [1.82, 2.24) is 0 Å². The smallest absolute Gasteiger partial charge is 0.339 e. The van der Waals surface area contributed by atoms with Crippen LogP contribution in [0.2, 0.25) is 0 Å². The van der Waals surface area contributed by atoms with E-state index in [1.807, 2.05) is 32.1 Å². The van der Waals surface area contributed by atoms with Gasteiger partial charge in [0, 0.05) is 23.6 Å². The van der Waals surface area contributed by atoms with Gasteiger partial charge in [0.25, 0.3) is 0 Å². The van der Waals surface area contributed by atoms with Gasteiger partial charge in [0.15, 0.2) is 0 Å². The van der Waals surface area contributed by atoms with Gasteiger partial charge in [0.1, 0.15) is 11.3 Å². The van der Waals surface area contributed by atoms with E-state index in [-0.39, 0.29) is 12.2 Å². The Morgan fingerprint density at radius 1 is 1.29 bits per heavy atom. The van der Waals surface area contributed by atoms with Crippen molar-refractivity contribution in [3.05, 3.63) is 51.4 Å². The maximum absolute atomic E-state index is 12.0. The first-order valence-corrected chi connectivity index (χ1v) is 6.93. The van der Waals surface area contributed by atoms with Crippen LogP contribution >= 0.6 is 0 Å². The molecule has 0 amide bonds. The number of aliphatic hydroxyl groups excluding tert-OH is 1. The highest BCUT2D eigenvalue weighted by molar-refractivity contribution is 5.80. The molecule has 0 saturated carbocycles. The predicted octanol–water partition coefficient (Wildman–Crippen LogP) is 2.85. The average molecular weight is 288 g/mol. The van der Waals surface area contributed by atoms with Crippen LogP contribution in [0.1, 0.15) is 25.0 Å². The summed E-state index contributed by atoms with van der Waals surface area (Å²) in [7, 11) is 1.56. The molecule has 1 heterocycles. The molecular weight excluding hydrogens is 268 g/mol. The first-order valence-electron chi connectivity index (χ1n) is 6.93. The number of hydrogen-bond acceptors (Lipinski definition) is 4. The summed E-state index contributed by atoms with van der Waals surface area (Å²) in [5.74, 6) is 0.622. The Bertz CT molecular complexity index is 721. The lowest BCUT2D eigenvalue weighted by Gasteiger charge is -2.09. The van der Waals surface area contributed by atoms with Gasteiger partial charge >= 0.3 is 5.63 Å². The summed E-state index contributed by atoms with van der Waals surface area (Å²) < 4.78 is 10.6. The first-order chi connectivity index (χ1) is 10.0. The Hall–Kier alpha value is -2.07. The largest absolute Gasteiger partial charge is 0.496 e. The van der Waals surface area contributed by atoms with Crippen LogP contribution in [0.15, 0.2) is 39.1 Å². The first kappa shape index (κ1) is 15.3. The van der Waals surface area contributed by atoms with Crippen molar-refractivity contribution >= 4 is 11.0 Å². The summed E-state index contributed by atoms with van der Waals surface area (Å²) in [6.45, 7) is 4.03. The minimum atomic E-state index is -0.322. The lowest BCUT2D eigenvalue weighted by Crippen LogP contribution is -2.07. The van der Waals surface area contributed by atoms with E-state index < -0.39 is 0 Å². The van der Waals surface area contributed by atoms with Gasteiger partial charge in [-0.3, -0.25) is 0 Å². The van der Waals surface area contributed by atoms with Crippen LogP contribution < -0.4 is 10.4 Å². The van der Waals surface area contributed by atoms with Crippen molar-refractivity contribution < 1.29 is 14.3 Å². The van der Waals surface area contributed by atoms with Crippen LogP contribution in [-0.4, -0.2) is 18.8 Å². The molecule has 1 N–H and O–H groups in total. The van der Waals surface area contributed by atoms with Gasteiger partial charge in [0.2, 0.25) is 0 Å². The minimum absolute atomic E-state index is 0.0449. The number of fused-ring (bicyclic) bond motifs is 1. The third-order valence-corrected chi connectivity index (χ3v) is 3.32. The summed E-state index contributed by atoms with van der Waals surface area (Å²) in [6.07, 6.45) is 3.06. The van der Waals surface area contributed by atoms with Crippen molar-refractivity contribution in [2.24, 2.45) is 0 Å². The second-order valence-electron chi connectivity index (χ2n) is 5.22. The Kier molecular flexibility index (Phi) is 4.81. The predicted molar refractivity (Wildman–Crippen MR) is 83.0 cm³/mol. The second-order valence-corrected chi connectivity index (χ2v) is 5.22. The second kappa shape index (κ2) is 6.59. The van der Waals surface area contributed by atoms with E-state index in [0.29, 0.717) is 29.7 Å². The summed E-state index contributed by atoms with van der Waals surface area (Å²) >= 11 is 0. The van der Waals surface area contributed by atoms with Gasteiger partial charge in [-0.15, -0.1) is 0 Å². The fraction of sp³-hybridized carbons (Fsp3) is 0.353. The van der Waals surface area contributed by atoms with E-state index in [9.17, 15) is 4.79 Å². The molecule has 0 aliphatic heterocycles. The molecule has 0 bridgehead atoms. The van der Waals surface area contributed by atoms with E-state index in [4.69, 9.17) is 14.3 Å². The van der Waals surface area contributed by atoms with Crippen molar-refractivity contribution in [2.45, 2.75) is 26.7 Å². The van der Waals surface area contributed by atoms with Crippen LogP contribution in [-0.2, 0) is 12.8 Å². The van der Waals surface area contributed by atoms with Gasteiger partial charge in [0.05, 0.1) is 7.11 Å². The van der Waals surface area contributed by atoms with Crippen LogP contribution in [0.3, 0.4) is 0 Å². The molecule has 2 rings (SSSR count). The number of aliphatic hydroxyl groups is 1. The summed E-state index contributed by atoms with van der Waals surface area (Å²) in [5.41, 5.74) is 2.86. The highest BCUT2D eigenvalue weighted by Crippen LogP contribution is 2.26.